The highest BCUT2D eigenvalue weighted by atomic mass is 16.6. The molecule has 1 aromatic carbocycles. The van der Waals surface area contributed by atoms with Crippen molar-refractivity contribution in [2.75, 3.05) is 0 Å². The molecule has 3 atom stereocenters. The van der Waals surface area contributed by atoms with Gasteiger partial charge in [-0.25, -0.2) is 0 Å². The van der Waals surface area contributed by atoms with Crippen LogP contribution in [0.3, 0.4) is 0 Å². The van der Waals surface area contributed by atoms with Gasteiger partial charge in [0.2, 0.25) is 0 Å². The van der Waals surface area contributed by atoms with E-state index in [-0.39, 0.29) is 30.3 Å². The van der Waals surface area contributed by atoms with Crippen LogP contribution >= 0.6 is 0 Å². The van der Waals surface area contributed by atoms with Crippen molar-refractivity contribution in [3.63, 3.8) is 0 Å². The Morgan fingerprint density at radius 1 is 1.13 bits per heavy atom. The number of nitrogens with two attached hydrogens (primary N) is 1. The van der Waals surface area contributed by atoms with Crippen LogP contribution in [0.15, 0.2) is 18.2 Å². The topological polar surface area (TPSA) is 119 Å². The Bertz CT molecular complexity index is 560. The van der Waals surface area contributed by atoms with Gasteiger partial charge in [-0.15, -0.1) is 0 Å². The molecule has 23 heavy (non-hydrogen) atoms. The molecule has 0 aromatic heterocycles. The number of phenols is 2. The number of phenolic OH excluding ortho intramolecular Hbond substituents is 2. The molecule has 0 amide bonds. The van der Waals surface area contributed by atoms with Crippen LogP contribution in [0.25, 0.3) is 0 Å². The predicted octanol–water partition coefficient (Wildman–Crippen LogP) is 1.24. The van der Waals surface area contributed by atoms with Crippen LogP contribution < -0.4 is 5.73 Å². The monoisotopic (exact) mass is 325 g/mol. The maximum atomic E-state index is 12.0. The molecule has 0 aliphatic carbocycles. The number of aromatic hydroxyl groups is 2. The van der Waals surface area contributed by atoms with Gasteiger partial charge in [-0.3, -0.25) is 9.59 Å². The van der Waals surface area contributed by atoms with Gasteiger partial charge in [0, 0.05) is 6.42 Å². The van der Waals surface area contributed by atoms with Crippen LogP contribution in [0.2, 0.25) is 0 Å². The summed E-state index contributed by atoms with van der Waals surface area (Å²) < 4.78 is 10.3. The molecule has 1 rings (SSSR count). The number of ether oxygens (including phenoxy) is 2. The van der Waals surface area contributed by atoms with Gasteiger partial charge in [-0.05, 0) is 38.0 Å². The summed E-state index contributed by atoms with van der Waals surface area (Å²) in [5, 5.41) is 18.7. The Kier molecular flexibility index (Phi) is 6.84. The van der Waals surface area contributed by atoms with Crippen molar-refractivity contribution in [1.82, 2.24) is 0 Å². The molecule has 0 heterocycles. The molecule has 0 bridgehead atoms. The summed E-state index contributed by atoms with van der Waals surface area (Å²) in [6, 6.07) is 3.27. The second-order valence-electron chi connectivity index (χ2n) is 5.32. The molecule has 0 spiro atoms. The second-order valence-corrected chi connectivity index (χ2v) is 5.32. The summed E-state index contributed by atoms with van der Waals surface area (Å²) >= 11 is 0. The smallest absolute Gasteiger partial charge is 0.323 e. The largest absolute Gasteiger partial charge is 0.504 e. The van der Waals surface area contributed by atoms with Crippen molar-refractivity contribution < 1.29 is 29.3 Å². The van der Waals surface area contributed by atoms with Crippen LogP contribution in [0, 0.1) is 0 Å². The van der Waals surface area contributed by atoms with E-state index in [0.717, 1.165) is 0 Å². The third kappa shape index (κ3) is 5.78. The number of hydrogen-bond acceptors (Lipinski definition) is 7. The fraction of sp³-hybridized carbons (Fsp3) is 0.500. The van der Waals surface area contributed by atoms with E-state index in [4.69, 9.17) is 15.2 Å². The summed E-state index contributed by atoms with van der Waals surface area (Å²) in [6.45, 7) is 4.92. The lowest BCUT2D eigenvalue weighted by atomic mass is 10.1. The van der Waals surface area contributed by atoms with E-state index in [0.29, 0.717) is 5.56 Å². The average Bonchev–Trinajstić information content (AvgIpc) is 2.50. The molecule has 4 N–H and O–H groups in total. The normalized spacial score (nSPS) is 14.6. The van der Waals surface area contributed by atoms with Crippen molar-refractivity contribution in [2.45, 2.75) is 51.9 Å². The molecule has 0 saturated carbocycles. The van der Waals surface area contributed by atoms with E-state index in [2.05, 4.69) is 0 Å². The number of carbonyl (C=O) groups is 2. The maximum Gasteiger partial charge on any atom is 0.323 e. The van der Waals surface area contributed by atoms with E-state index in [1.807, 2.05) is 0 Å². The van der Waals surface area contributed by atoms with Crippen molar-refractivity contribution in [2.24, 2.45) is 5.73 Å². The van der Waals surface area contributed by atoms with Gasteiger partial charge in [0.25, 0.3) is 0 Å². The summed E-state index contributed by atoms with van der Waals surface area (Å²) in [4.78, 5) is 23.2. The van der Waals surface area contributed by atoms with Crippen LogP contribution in [-0.2, 0) is 25.5 Å². The predicted molar refractivity (Wildman–Crippen MR) is 82.9 cm³/mol. The van der Waals surface area contributed by atoms with Gasteiger partial charge in [-0.2, -0.15) is 0 Å². The molecular formula is C16H23NO6. The fourth-order valence-corrected chi connectivity index (χ4v) is 1.79. The Morgan fingerprint density at radius 2 is 1.74 bits per heavy atom. The van der Waals surface area contributed by atoms with Gasteiger partial charge >= 0.3 is 11.9 Å². The molecule has 0 aliphatic heterocycles. The Balaban J connectivity index is 2.55. The van der Waals surface area contributed by atoms with E-state index < -0.39 is 24.2 Å². The summed E-state index contributed by atoms with van der Waals surface area (Å²) in [5.41, 5.74) is 6.37. The van der Waals surface area contributed by atoms with Crippen LogP contribution in [-0.4, -0.2) is 40.4 Å². The van der Waals surface area contributed by atoms with E-state index in [9.17, 15) is 19.8 Å². The molecule has 0 aliphatic rings. The van der Waals surface area contributed by atoms with Crippen LogP contribution in [0.5, 0.6) is 11.5 Å². The lowest BCUT2D eigenvalue weighted by Gasteiger charge is -2.22. The van der Waals surface area contributed by atoms with Gasteiger partial charge in [0.1, 0.15) is 18.2 Å². The number of benzene rings is 1. The molecule has 0 fully saturated rings. The first-order valence-electron chi connectivity index (χ1n) is 7.41. The van der Waals surface area contributed by atoms with Gasteiger partial charge in [-0.1, -0.05) is 13.0 Å². The first kappa shape index (κ1) is 18.8. The molecule has 0 saturated heterocycles. The highest BCUT2D eigenvalue weighted by molar-refractivity contribution is 5.76. The minimum absolute atomic E-state index is 0.141. The van der Waals surface area contributed by atoms with Crippen LogP contribution in [0.4, 0.5) is 0 Å². The Morgan fingerprint density at radius 3 is 2.30 bits per heavy atom. The fourth-order valence-electron chi connectivity index (χ4n) is 1.79. The molecule has 7 heteroatoms. The highest BCUT2D eigenvalue weighted by Crippen LogP contribution is 2.25. The molecule has 0 unspecified atom stereocenters. The first-order chi connectivity index (χ1) is 10.7. The standard InChI is InChI=1S/C16H23NO6/c1-4-15(20)22-9(2)10(3)23-16(21)12(17)7-11-5-6-13(18)14(19)8-11/h5-6,8-10,12,18-19H,4,7,17H2,1-3H3/t9-,10-,12+/m1/s1. The third-order valence-electron chi connectivity index (χ3n) is 3.37. The summed E-state index contributed by atoms with van der Waals surface area (Å²) in [5.74, 6) is -1.53. The number of esters is 2. The SMILES string of the molecule is CCC(=O)O[C@H](C)[C@@H](C)OC(=O)[C@@H](N)Cc1ccc(O)c(O)c1. The minimum Gasteiger partial charge on any atom is -0.504 e. The quantitative estimate of drug-likeness (QED) is 0.509. The number of carbonyl (C=O) groups excluding carboxylic acids is 2. The number of rotatable bonds is 7. The molecule has 0 radical (unpaired) electrons. The second kappa shape index (κ2) is 8.38. The van der Waals surface area contributed by atoms with Gasteiger partial charge in [0.05, 0.1) is 0 Å². The summed E-state index contributed by atoms with van der Waals surface area (Å²) in [6.07, 6.45) is -0.814. The van der Waals surface area contributed by atoms with E-state index in [1.165, 1.54) is 12.1 Å². The van der Waals surface area contributed by atoms with Crippen molar-refractivity contribution in [3.05, 3.63) is 23.8 Å². The third-order valence-corrected chi connectivity index (χ3v) is 3.37. The maximum absolute atomic E-state index is 12.0. The van der Waals surface area contributed by atoms with Crippen LogP contribution in [0.1, 0.15) is 32.8 Å². The molecule has 1 aromatic rings. The Hall–Kier alpha value is -2.28. The molecule has 7 nitrogen and oxygen atoms in total. The lowest BCUT2D eigenvalue weighted by Crippen LogP contribution is -2.39. The van der Waals surface area contributed by atoms with E-state index >= 15 is 0 Å². The van der Waals surface area contributed by atoms with Gasteiger partial charge in [0.15, 0.2) is 11.5 Å². The summed E-state index contributed by atoms with van der Waals surface area (Å²) in [7, 11) is 0. The minimum atomic E-state index is -0.935. The van der Waals surface area contributed by atoms with Crippen molar-refractivity contribution >= 4 is 11.9 Å². The van der Waals surface area contributed by atoms with E-state index in [1.54, 1.807) is 26.8 Å². The van der Waals surface area contributed by atoms with Gasteiger partial charge < -0.3 is 25.4 Å². The first-order valence-corrected chi connectivity index (χ1v) is 7.41. The molecule has 128 valence electrons. The van der Waals surface area contributed by atoms with Crippen molar-refractivity contribution in [1.29, 1.82) is 0 Å². The number of hydrogen-bond donors (Lipinski definition) is 3. The zero-order valence-electron chi connectivity index (χ0n) is 13.5. The highest BCUT2D eigenvalue weighted by Gasteiger charge is 2.24. The lowest BCUT2D eigenvalue weighted by molar-refractivity contribution is -0.166. The zero-order valence-corrected chi connectivity index (χ0v) is 13.5. The van der Waals surface area contributed by atoms with Crippen molar-refractivity contribution in [3.8, 4) is 11.5 Å². The zero-order chi connectivity index (χ0) is 17.6. The average molecular weight is 325 g/mol. The Labute approximate surface area is 135 Å². The molecular weight excluding hydrogens is 302 g/mol.